The number of aromatic nitrogens is 2. The maximum atomic E-state index is 5.77. The molecule has 110 valence electrons. The molecule has 1 unspecified atom stereocenters. The Morgan fingerprint density at radius 2 is 1.62 bits per heavy atom. The lowest BCUT2D eigenvalue weighted by atomic mass is 10.1. The molecule has 0 aliphatic carbocycles. The third kappa shape index (κ3) is 2.70. The smallest absolute Gasteiger partial charge is 0.291 e. The molecule has 0 saturated carbocycles. The molecule has 0 saturated heterocycles. The Balaban J connectivity index is 0.00000161. The third-order valence-corrected chi connectivity index (χ3v) is 3.86. The maximum absolute atomic E-state index is 5.77. The van der Waals surface area contributed by atoms with Crippen LogP contribution < -0.4 is 28.5 Å². The van der Waals surface area contributed by atoms with Crippen LogP contribution in [-0.4, -0.2) is 11.7 Å². The van der Waals surface area contributed by atoms with E-state index in [1.54, 1.807) is 7.11 Å². The molecule has 0 N–H and O–H groups in total. The highest BCUT2D eigenvalue weighted by molar-refractivity contribution is 5.72. The van der Waals surface area contributed by atoms with E-state index in [9.17, 15) is 0 Å². The lowest BCUT2D eigenvalue weighted by Gasteiger charge is -2.13. The average molecular weight is 394 g/mol. The van der Waals surface area contributed by atoms with Crippen LogP contribution >= 0.6 is 0 Å². The summed E-state index contributed by atoms with van der Waals surface area (Å²) in [5, 5.41) is 0. The highest BCUT2D eigenvalue weighted by Gasteiger charge is 2.29. The molecule has 0 fully saturated rings. The Morgan fingerprint density at radius 3 is 2.24 bits per heavy atom. The zero-order chi connectivity index (χ0) is 14.1. The molecular weight excluding hydrogens is 375 g/mol. The van der Waals surface area contributed by atoms with E-state index in [0.717, 1.165) is 11.4 Å². The Labute approximate surface area is 142 Å². The Bertz CT molecular complexity index is 698. The zero-order valence-corrected chi connectivity index (χ0v) is 14.6. The molecule has 3 aromatic rings. The van der Waals surface area contributed by atoms with Crippen LogP contribution in [0.5, 0.6) is 0 Å². The lowest BCUT2D eigenvalue weighted by Crippen LogP contribution is -3.00. The minimum absolute atomic E-state index is 0. The molecule has 0 bridgehead atoms. The van der Waals surface area contributed by atoms with Gasteiger partial charge >= 0.3 is 0 Å². The van der Waals surface area contributed by atoms with Gasteiger partial charge in [-0.05, 0) is 17.7 Å². The van der Waals surface area contributed by atoms with Crippen molar-refractivity contribution < 1.29 is 33.3 Å². The van der Waals surface area contributed by atoms with Gasteiger partial charge in [-0.25, -0.2) is 9.13 Å². The van der Waals surface area contributed by atoms with E-state index in [0.29, 0.717) is 0 Å². The third-order valence-electron chi connectivity index (χ3n) is 3.86. The van der Waals surface area contributed by atoms with Crippen molar-refractivity contribution in [2.75, 3.05) is 7.11 Å². The number of nitrogens with zero attached hydrogens (tertiary/aromatic N) is 2. The van der Waals surface area contributed by atoms with Crippen LogP contribution in [0.2, 0.25) is 0 Å². The van der Waals surface area contributed by atoms with Crippen molar-refractivity contribution in [3.8, 4) is 0 Å². The fraction of sp³-hybridized carbons (Fsp3) is 0.235. The summed E-state index contributed by atoms with van der Waals surface area (Å²) in [4.78, 5) is 0. The molecule has 21 heavy (non-hydrogen) atoms. The second kappa shape index (κ2) is 6.58. The van der Waals surface area contributed by atoms with Crippen LogP contribution in [0.1, 0.15) is 17.5 Å². The first-order chi connectivity index (χ1) is 9.74. The molecule has 0 spiro atoms. The summed E-state index contributed by atoms with van der Waals surface area (Å²) in [7, 11) is 5.94. The topological polar surface area (TPSA) is 18.0 Å². The highest BCUT2D eigenvalue weighted by atomic mass is 127. The van der Waals surface area contributed by atoms with Crippen molar-refractivity contribution in [2.45, 2.75) is 6.10 Å². The lowest BCUT2D eigenvalue weighted by molar-refractivity contribution is -0.657. The standard InChI is InChI=1S/C17H19N2O.HI/c1-18-14-11-7-8-12-15(14)19(2)17(18)16(20-3)13-9-5-4-6-10-13;/h4-12,16H,1-3H3;1H/q+1;/p-1. The number of aryl methyl sites for hydroxylation is 2. The summed E-state index contributed by atoms with van der Waals surface area (Å²) >= 11 is 0. The summed E-state index contributed by atoms with van der Waals surface area (Å²) in [6, 6.07) is 18.7. The van der Waals surface area contributed by atoms with Crippen molar-refractivity contribution in [2.24, 2.45) is 14.1 Å². The second-order valence-corrected chi connectivity index (χ2v) is 4.99. The number of rotatable bonds is 3. The van der Waals surface area contributed by atoms with Gasteiger partial charge in [0, 0.05) is 7.11 Å². The predicted molar refractivity (Wildman–Crippen MR) is 79.4 cm³/mol. The number of para-hydroxylation sites is 2. The van der Waals surface area contributed by atoms with Crippen molar-refractivity contribution >= 4 is 11.0 Å². The van der Waals surface area contributed by atoms with Crippen LogP contribution in [-0.2, 0) is 18.8 Å². The van der Waals surface area contributed by atoms with Crippen LogP contribution in [0.25, 0.3) is 11.0 Å². The molecule has 3 rings (SSSR count). The Kier molecular flexibility index (Phi) is 5.00. The first-order valence-corrected chi connectivity index (χ1v) is 6.75. The van der Waals surface area contributed by atoms with Gasteiger partial charge in [-0.15, -0.1) is 0 Å². The van der Waals surface area contributed by atoms with E-state index >= 15 is 0 Å². The fourth-order valence-electron chi connectivity index (χ4n) is 2.87. The molecule has 1 heterocycles. The first-order valence-electron chi connectivity index (χ1n) is 6.75. The van der Waals surface area contributed by atoms with E-state index in [4.69, 9.17) is 4.74 Å². The number of imidazole rings is 1. The van der Waals surface area contributed by atoms with Crippen molar-refractivity contribution in [3.05, 3.63) is 66.0 Å². The van der Waals surface area contributed by atoms with Gasteiger partial charge in [-0.2, -0.15) is 0 Å². The number of methoxy groups -OCH3 is 1. The van der Waals surface area contributed by atoms with E-state index in [2.05, 4.69) is 59.6 Å². The quantitative estimate of drug-likeness (QED) is 0.443. The first kappa shape index (κ1) is 16.0. The van der Waals surface area contributed by atoms with Crippen molar-refractivity contribution in [3.63, 3.8) is 0 Å². The van der Waals surface area contributed by atoms with Crippen LogP contribution in [0.4, 0.5) is 0 Å². The van der Waals surface area contributed by atoms with E-state index in [1.807, 2.05) is 18.2 Å². The highest BCUT2D eigenvalue weighted by Crippen LogP contribution is 2.25. The molecule has 2 aromatic carbocycles. The van der Waals surface area contributed by atoms with Gasteiger partial charge in [0.15, 0.2) is 17.1 Å². The van der Waals surface area contributed by atoms with Crippen LogP contribution in [0.15, 0.2) is 54.6 Å². The molecule has 0 aliphatic rings. The zero-order valence-electron chi connectivity index (χ0n) is 12.5. The number of halogens is 1. The Hall–Kier alpha value is -1.40. The number of ether oxygens (including phenoxy) is 1. The number of fused-ring (bicyclic) bond motifs is 1. The summed E-state index contributed by atoms with van der Waals surface area (Å²) < 4.78 is 10.2. The summed E-state index contributed by atoms with van der Waals surface area (Å²) in [6.07, 6.45) is -0.0707. The maximum Gasteiger partial charge on any atom is 0.291 e. The van der Waals surface area contributed by atoms with Crippen LogP contribution in [0, 0.1) is 0 Å². The van der Waals surface area contributed by atoms with Gasteiger partial charge in [0.1, 0.15) is 0 Å². The molecule has 3 nitrogen and oxygen atoms in total. The molecule has 0 aliphatic heterocycles. The van der Waals surface area contributed by atoms with Gasteiger partial charge in [0.25, 0.3) is 5.82 Å². The second-order valence-electron chi connectivity index (χ2n) is 4.99. The van der Waals surface area contributed by atoms with Gasteiger partial charge in [-0.1, -0.05) is 42.5 Å². The fourth-order valence-corrected chi connectivity index (χ4v) is 2.87. The van der Waals surface area contributed by atoms with Gasteiger partial charge in [0.2, 0.25) is 0 Å². The van der Waals surface area contributed by atoms with Gasteiger partial charge in [-0.3, -0.25) is 0 Å². The molecular formula is C17H19IN2O. The average Bonchev–Trinajstić information content (AvgIpc) is 2.75. The van der Waals surface area contributed by atoms with Crippen molar-refractivity contribution in [1.29, 1.82) is 0 Å². The minimum atomic E-state index is -0.0707. The largest absolute Gasteiger partial charge is 1.00 e. The molecule has 4 heteroatoms. The normalized spacial score (nSPS) is 12.1. The number of benzene rings is 2. The number of hydrogen-bond donors (Lipinski definition) is 0. The SMILES string of the molecule is COC(c1ccccc1)c1n(C)c2ccccc2[n+]1C.[I-]. The predicted octanol–water partition coefficient (Wildman–Crippen LogP) is -0.257. The summed E-state index contributed by atoms with van der Waals surface area (Å²) in [6.45, 7) is 0. The van der Waals surface area contributed by atoms with Gasteiger partial charge in [0.05, 0.1) is 14.1 Å². The van der Waals surface area contributed by atoms with Gasteiger partial charge < -0.3 is 28.7 Å². The van der Waals surface area contributed by atoms with Crippen LogP contribution in [0.3, 0.4) is 0 Å². The summed E-state index contributed by atoms with van der Waals surface area (Å²) in [5.74, 6) is 1.14. The minimum Gasteiger partial charge on any atom is -1.00 e. The molecule has 1 aromatic heterocycles. The number of hydrogen-bond acceptors (Lipinski definition) is 1. The van der Waals surface area contributed by atoms with Crippen molar-refractivity contribution in [1.82, 2.24) is 4.57 Å². The van der Waals surface area contributed by atoms with E-state index in [1.165, 1.54) is 11.0 Å². The Morgan fingerprint density at radius 1 is 1.00 bits per heavy atom. The van der Waals surface area contributed by atoms with E-state index in [-0.39, 0.29) is 30.1 Å². The van der Waals surface area contributed by atoms with E-state index < -0.39 is 0 Å². The molecule has 0 radical (unpaired) electrons. The summed E-state index contributed by atoms with van der Waals surface area (Å²) in [5.41, 5.74) is 3.59. The monoisotopic (exact) mass is 394 g/mol. The molecule has 1 atom stereocenters. The molecule has 0 amide bonds.